The molecular formula is C19H25N3O6S. The fourth-order valence-electron chi connectivity index (χ4n) is 3.83. The van der Waals surface area contributed by atoms with E-state index in [1.807, 2.05) is 25.3 Å². The fraction of sp³-hybridized carbons (Fsp3) is 0.579. The number of hydrogen-bond donors (Lipinski definition) is 0. The molecule has 29 heavy (non-hydrogen) atoms. The van der Waals surface area contributed by atoms with Crippen molar-refractivity contribution in [1.82, 2.24) is 9.58 Å². The highest BCUT2D eigenvalue weighted by atomic mass is 32.2. The topological polar surface area (TPSA) is 115 Å². The second-order valence-electron chi connectivity index (χ2n) is 7.37. The molecule has 0 N–H and O–H groups in total. The van der Waals surface area contributed by atoms with Crippen LogP contribution in [-0.4, -0.2) is 65.5 Å². The fourth-order valence-corrected chi connectivity index (χ4v) is 5.53. The zero-order valence-electron chi connectivity index (χ0n) is 16.8. The predicted octanol–water partition coefficient (Wildman–Crippen LogP) is 1.02. The Morgan fingerprint density at radius 2 is 2.00 bits per heavy atom. The van der Waals surface area contributed by atoms with Gasteiger partial charge in [-0.15, -0.1) is 0 Å². The summed E-state index contributed by atoms with van der Waals surface area (Å²) in [6.07, 6.45) is 0.452. The smallest absolute Gasteiger partial charge is 0.354 e. The minimum atomic E-state index is -3.19. The Morgan fingerprint density at radius 3 is 2.59 bits per heavy atom. The number of Topliss-reactive ketones (excluding diaryl/α,β-unsaturated/α-hetero) is 1. The van der Waals surface area contributed by atoms with Gasteiger partial charge in [-0.1, -0.05) is 0 Å². The highest BCUT2D eigenvalue weighted by molar-refractivity contribution is 7.91. The highest BCUT2D eigenvalue weighted by Crippen LogP contribution is 2.22. The van der Waals surface area contributed by atoms with Crippen molar-refractivity contribution in [3.8, 4) is 0 Å². The second-order valence-corrected chi connectivity index (χ2v) is 9.60. The number of carbonyl (C=O) groups is 3. The summed E-state index contributed by atoms with van der Waals surface area (Å²) in [5.41, 5.74) is 2.31. The summed E-state index contributed by atoms with van der Waals surface area (Å²) >= 11 is 0. The van der Waals surface area contributed by atoms with Gasteiger partial charge < -0.3 is 9.30 Å². The number of aryl methyl sites for hydroxylation is 1. The van der Waals surface area contributed by atoms with Gasteiger partial charge in [0.05, 0.1) is 17.5 Å². The van der Waals surface area contributed by atoms with E-state index in [0.717, 1.165) is 22.9 Å². The minimum Gasteiger partial charge on any atom is -0.453 e. The van der Waals surface area contributed by atoms with Crippen LogP contribution in [0.1, 0.15) is 47.9 Å². The lowest BCUT2D eigenvalue weighted by atomic mass is 10.1. The maximum atomic E-state index is 12.5. The van der Waals surface area contributed by atoms with Gasteiger partial charge in [0.25, 0.3) is 0 Å². The number of nitrogens with zero attached hydrogens (tertiary/aromatic N) is 3. The van der Waals surface area contributed by atoms with Gasteiger partial charge in [-0.3, -0.25) is 9.59 Å². The van der Waals surface area contributed by atoms with Crippen molar-refractivity contribution in [3.63, 3.8) is 0 Å². The molecule has 0 aliphatic carbocycles. The van der Waals surface area contributed by atoms with Crippen molar-refractivity contribution >= 4 is 33.2 Å². The third-order valence-electron chi connectivity index (χ3n) is 5.37. The van der Waals surface area contributed by atoms with Crippen LogP contribution in [0.5, 0.6) is 0 Å². The van der Waals surface area contributed by atoms with Crippen molar-refractivity contribution in [3.05, 3.63) is 23.0 Å². The van der Waals surface area contributed by atoms with Gasteiger partial charge in [-0.05, 0) is 33.3 Å². The number of rotatable bonds is 6. The molecule has 2 aliphatic heterocycles. The Bertz CT molecular complexity index is 992. The molecule has 0 aromatic carbocycles. The number of ether oxygens (including phenoxy) is 1. The van der Waals surface area contributed by atoms with Crippen molar-refractivity contribution in [2.24, 2.45) is 5.10 Å². The SMILES string of the molecule is CCn1c(C)cc(C(=O)COC(=O)C2=NN([C@@H]3CCS(=O)(=O)C3)C(=O)CC2)c1C. The molecule has 1 saturated heterocycles. The Hall–Kier alpha value is -2.49. The van der Waals surface area contributed by atoms with E-state index in [0.29, 0.717) is 12.0 Å². The van der Waals surface area contributed by atoms with E-state index >= 15 is 0 Å². The van der Waals surface area contributed by atoms with Crippen LogP contribution >= 0.6 is 0 Å². The van der Waals surface area contributed by atoms with Crippen molar-refractivity contribution in [2.75, 3.05) is 18.1 Å². The van der Waals surface area contributed by atoms with E-state index in [9.17, 15) is 22.8 Å². The Balaban J connectivity index is 1.66. The average molecular weight is 423 g/mol. The van der Waals surface area contributed by atoms with Gasteiger partial charge in [0.1, 0.15) is 5.71 Å². The molecule has 1 amide bonds. The number of carbonyl (C=O) groups excluding carboxylic acids is 3. The standard InChI is InChI=1S/C19H25N3O6S/c1-4-21-12(2)9-15(13(21)3)17(23)10-28-19(25)16-5-6-18(24)22(20-16)14-7-8-29(26,27)11-14/h9,14H,4-8,10-11H2,1-3H3/t14-/m1/s1. The Morgan fingerprint density at radius 1 is 1.28 bits per heavy atom. The molecule has 3 rings (SSSR count). The largest absolute Gasteiger partial charge is 0.453 e. The van der Waals surface area contributed by atoms with E-state index < -0.39 is 28.5 Å². The number of sulfone groups is 1. The van der Waals surface area contributed by atoms with Crippen LogP contribution in [0.2, 0.25) is 0 Å². The molecule has 1 atom stereocenters. The monoisotopic (exact) mass is 423 g/mol. The van der Waals surface area contributed by atoms with E-state index in [4.69, 9.17) is 4.74 Å². The lowest BCUT2D eigenvalue weighted by Gasteiger charge is -2.27. The molecule has 1 fully saturated rings. The van der Waals surface area contributed by atoms with Gasteiger partial charge in [0, 0.05) is 36.3 Å². The first-order valence-electron chi connectivity index (χ1n) is 9.60. The molecule has 0 unspecified atom stereocenters. The molecule has 0 saturated carbocycles. The third-order valence-corrected chi connectivity index (χ3v) is 7.12. The van der Waals surface area contributed by atoms with E-state index in [1.54, 1.807) is 6.07 Å². The number of hydrogen-bond acceptors (Lipinski definition) is 7. The summed E-state index contributed by atoms with van der Waals surface area (Å²) in [6, 6.07) is 1.21. The van der Waals surface area contributed by atoms with Crippen molar-refractivity contribution in [1.29, 1.82) is 0 Å². The maximum absolute atomic E-state index is 12.5. The lowest BCUT2D eigenvalue weighted by Crippen LogP contribution is -2.42. The summed E-state index contributed by atoms with van der Waals surface area (Å²) < 4.78 is 30.5. The molecule has 9 nitrogen and oxygen atoms in total. The summed E-state index contributed by atoms with van der Waals surface area (Å²) in [5, 5.41) is 5.15. The molecule has 158 valence electrons. The lowest BCUT2D eigenvalue weighted by molar-refractivity contribution is -0.136. The first kappa shape index (κ1) is 21.2. The molecule has 0 bridgehead atoms. The van der Waals surface area contributed by atoms with Crippen molar-refractivity contribution in [2.45, 2.75) is 52.6 Å². The Labute approximate surface area is 169 Å². The molecule has 10 heteroatoms. The molecule has 2 aliphatic rings. The van der Waals surface area contributed by atoms with Crippen LogP contribution in [0, 0.1) is 13.8 Å². The number of hydrazone groups is 1. The third kappa shape index (κ3) is 4.42. The van der Waals surface area contributed by atoms with Crippen LogP contribution in [-0.2, 0) is 30.7 Å². The molecule has 1 aromatic rings. The number of amides is 1. The zero-order valence-corrected chi connectivity index (χ0v) is 17.6. The predicted molar refractivity (Wildman–Crippen MR) is 105 cm³/mol. The van der Waals surface area contributed by atoms with E-state index in [1.165, 1.54) is 0 Å². The summed E-state index contributed by atoms with van der Waals surface area (Å²) in [7, 11) is -3.19. The van der Waals surface area contributed by atoms with Crippen LogP contribution in [0.25, 0.3) is 0 Å². The second kappa shape index (κ2) is 8.10. The molecular weight excluding hydrogens is 398 g/mol. The average Bonchev–Trinajstić information content (AvgIpc) is 3.17. The summed E-state index contributed by atoms with van der Waals surface area (Å²) in [5.74, 6) is -1.54. The van der Waals surface area contributed by atoms with Crippen LogP contribution in [0.15, 0.2) is 11.2 Å². The van der Waals surface area contributed by atoms with Gasteiger partial charge in [0.15, 0.2) is 16.4 Å². The van der Waals surface area contributed by atoms with Crippen LogP contribution in [0.4, 0.5) is 0 Å². The van der Waals surface area contributed by atoms with Crippen LogP contribution in [0.3, 0.4) is 0 Å². The molecule has 1 aromatic heterocycles. The van der Waals surface area contributed by atoms with Crippen molar-refractivity contribution < 1.29 is 27.5 Å². The van der Waals surface area contributed by atoms with E-state index in [2.05, 4.69) is 5.10 Å². The number of ketones is 1. The molecule has 0 spiro atoms. The van der Waals surface area contributed by atoms with Gasteiger partial charge in [-0.2, -0.15) is 5.10 Å². The Kier molecular flexibility index (Phi) is 5.92. The van der Waals surface area contributed by atoms with Gasteiger partial charge in [-0.25, -0.2) is 18.2 Å². The molecule has 3 heterocycles. The quantitative estimate of drug-likeness (QED) is 0.498. The summed E-state index contributed by atoms with van der Waals surface area (Å²) in [4.78, 5) is 37.0. The zero-order chi connectivity index (χ0) is 21.3. The number of esters is 1. The van der Waals surface area contributed by atoms with Gasteiger partial charge >= 0.3 is 5.97 Å². The van der Waals surface area contributed by atoms with Crippen LogP contribution < -0.4 is 0 Å². The molecule has 0 radical (unpaired) electrons. The van der Waals surface area contributed by atoms with E-state index in [-0.39, 0.29) is 41.7 Å². The summed E-state index contributed by atoms with van der Waals surface area (Å²) in [6.45, 7) is 6.05. The first-order valence-corrected chi connectivity index (χ1v) is 11.4. The normalized spacial score (nSPS) is 21.2. The minimum absolute atomic E-state index is 0.00141. The van der Waals surface area contributed by atoms with Gasteiger partial charge in [0.2, 0.25) is 11.7 Å². The first-order chi connectivity index (χ1) is 13.6. The highest BCUT2D eigenvalue weighted by Gasteiger charge is 2.37. The number of aromatic nitrogens is 1. The maximum Gasteiger partial charge on any atom is 0.354 e.